The lowest BCUT2D eigenvalue weighted by Crippen LogP contribution is -2.53. The van der Waals surface area contributed by atoms with Crippen LogP contribution >= 0.6 is 0 Å². The fraction of sp³-hybridized carbons (Fsp3) is 0.458. The topological polar surface area (TPSA) is 107 Å². The molecule has 0 radical (unpaired) electrons. The van der Waals surface area contributed by atoms with Gasteiger partial charge >= 0.3 is 5.97 Å². The van der Waals surface area contributed by atoms with Crippen molar-refractivity contribution in [2.24, 2.45) is 0 Å². The first kappa shape index (κ1) is 26.3. The summed E-state index contributed by atoms with van der Waals surface area (Å²) in [5.74, 6) is -0.561. The lowest BCUT2D eigenvalue weighted by Gasteiger charge is -2.34. The Bertz CT molecular complexity index is 1010. The highest BCUT2D eigenvalue weighted by molar-refractivity contribution is 7.85. The number of hydrogen-bond acceptors (Lipinski definition) is 9. The second-order valence-corrected chi connectivity index (χ2v) is 9.67. The number of carbonyl (C=O) groups is 1. The second kappa shape index (κ2) is 11.9. The van der Waals surface area contributed by atoms with Gasteiger partial charge in [0, 0.05) is 14.0 Å². The molecular formula is C24H30O9S. The van der Waals surface area contributed by atoms with E-state index >= 15 is 0 Å². The zero-order valence-electron chi connectivity index (χ0n) is 19.4. The largest absolute Gasteiger partial charge is 0.454 e. The number of esters is 1. The summed E-state index contributed by atoms with van der Waals surface area (Å²) in [7, 11) is -2.43. The van der Waals surface area contributed by atoms with Gasteiger partial charge in [0.25, 0.3) is 10.1 Å². The van der Waals surface area contributed by atoms with E-state index in [0.717, 1.165) is 17.4 Å². The summed E-state index contributed by atoms with van der Waals surface area (Å²) in [4.78, 5) is 11.9. The van der Waals surface area contributed by atoms with Crippen molar-refractivity contribution in [2.75, 3.05) is 26.6 Å². The van der Waals surface area contributed by atoms with Crippen LogP contribution in [0.4, 0.5) is 0 Å². The molecule has 0 amide bonds. The van der Waals surface area contributed by atoms with Gasteiger partial charge in [-0.25, -0.2) is 0 Å². The van der Waals surface area contributed by atoms with Crippen molar-refractivity contribution in [3.63, 3.8) is 0 Å². The fourth-order valence-corrected chi connectivity index (χ4v) is 4.12. The molecule has 1 heterocycles. The molecule has 2 aromatic rings. The van der Waals surface area contributed by atoms with Crippen molar-refractivity contribution < 1.29 is 41.1 Å². The first-order valence-electron chi connectivity index (χ1n) is 10.7. The van der Waals surface area contributed by atoms with Gasteiger partial charge in [0.05, 0.1) is 26.1 Å². The molecule has 0 unspecified atom stereocenters. The summed E-state index contributed by atoms with van der Waals surface area (Å²) in [6.45, 7) is 1.14. The van der Waals surface area contributed by atoms with Gasteiger partial charge in [0.1, 0.15) is 18.3 Å². The minimum Gasteiger partial charge on any atom is -0.454 e. The molecular weight excluding hydrogens is 464 g/mol. The third-order valence-electron chi connectivity index (χ3n) is 5.22. The van der Waals surface area contributed by atoms with Crippen LogP contribution in [0.5, 0.6) is 0 Å². The zero-order valence-corrected chi connectivity index (χ0v) is 20.2. The van der Waals surface area contributed by atoms with Crippen LogP contribution in [0, 0.1) is 0 Å². The highest BCUT2D eigenvalue weighted by Crippen LogP contribution is 2.38. The smallest absolute Gasteiger partial charge is 0.303 e. The molecule has 4 atom stereocenters. The second-order valence-electron chi connectivity index (χ2n) is 8.02. The van der Waals surface area contributed by atoms with E-state index in [0.29, 0.717) is 0 Å². The first-order valence-corrected chi connectivity index (χ1v) is 12.5. The van der Waals surface area contributed by atoms with Crippen molar-refractivity contribution in [2.45, 2.75) is 44.2 Å². The van der Waals surface area contributed by atoms with E-state index in [9.17, 15) is 13.2 Å². The Morgan fingerprint density at radius 1 is 0.971 bits per heavy atom. The molecule has 1 saturated heterocycles. The van der Waals surface area contributed by atoms with Crippen molar-refractivity contribution in [3.8, 4) is 0 Å². The molecule has 0 spiro atoms. The van der Waals surface area contributed by atoms with Crippen LogP contribution in [0.2, 0.25) is 0 Å². The highest BCUT2D eigenvalue weighted by atomic mass is 32.2. The lowest BCUT2D eigenvalue weighted by atomic mass is 9.96. The summed E-state index contributed by atoms with van der Waals surface area (Å²) < 4.78 is 58.0. The zero-order chi connectivity index (χ0) is 24.6. The van der Waals surface area contributed by atoms with Crippen molar-refractivity contribution >= 4 is 16.1 Å². The number of methoxy groups -OCH3 is 1. The maximum Gasteiger partial charge on any atom is 0.303 e. The molecule has 0 aliphatic carbocycles. The molecule has 0 aromatic heterocycles. The van der Waals surface area contributed by atoms with Gasteiger partial charge in [-0.15, -0.1) is 0 Å². The third kappa shape index (κ3) is 7.33. The molecule has 9 nitrogen and oxygen atoms in total. The standard InChI is InChI=1S/C24H30O9S/c1-18(25)32-21-22(30-15-20-12-8-5-9-13-20)24(33-23(21)28-2,17-31-34(3,26)27)16-29-14-19-10-6-4-7-11-19/h4-13,21-23H,14-17H2,1-3H3/t21-,22+,23+,24+/m1/s1. The van der Waals surface area contributed by atoms with E-state index in [-0.39, 0.29) is 19.8 Å². The molecule has 186 valence electrons. The molecule has 1 aliphatic heterocycles. The Labute approximate surface area is 200 Å². The van der Waals surface area contributed by atoms with Gasteiger partial charge < -0.3 is 23.7 Å². The molecule has 10 heteroatoms. The highest BCUT2D eigenvalue weighted by Gasteiger charge is 2.59. The normalized spacial score (nSPS) is 24.7. The van der Waals surface area contributed by atoms with Gasteiger partial charge in [-0.1, -0.05) is 60.7 Å². The maximum atomic E-state index is 11.9. The van der Waals surface area contributed by atoms with Crippen LogP contribution in [0.25, 0.3) is 0 Å². The number of hydrogen-bond donors (Lipinski definition) is 0. The summed E-state index contributed by atoms with van der Waals surface area (Å²) >= 11 is 0. The van der Waals surface area contributed by atoms with E-state index in [2.05, 4.69) is 0 Å². The molecule has 1 aliphatic rings. The fourth-order valence-electron chi connectivity index (χ4n) is 3.70. The Balaban J connectivity index is 1.89. The van der Waals surface area contributed by atoms with E-state index in [1.807, 2.05) is 60.7 Å². The van der Waals surface area contributed by atoms with Crippen LogP contribution in [0.15, 0.2) is 60.7 Å². The van der Waals surface area contributed by atoms with Gasteiger partial charge in [-0.2, -0.15) is 8.42 Å². The Kier molecular flexibility index (Phi) is 9.17. The van der Waals surface area contributed by atoms with Crippen molar-refractivity contribution in [1.29, 1.82) is 0 Å². The Morgan fingerprint density at radius 3 is 2.09 bits per heavy atom. The van der Waals surface area contributed by atoms with Crippen LogP contribution < -0.4 is 0 Å². The lowest BCUT2D eigenvalue weighted by molar-refractivity contribution is -0.208. The predicted molar refractivity (Wildman–Crippen MR) is 122 cm³/mol. The van der Waals surface area contributed by atoms with E-state index < -0.39 is 46.8 Å². The Hall–Kier alpha value is -2.34. The quantitative estimate of drug-likeness (QED) is 0.325. The van der Waals surface area contributed by atoms with E-state index in [1.54, 1.807) is 0 Å². The average molecular weight is 495 g/mol. The SMILES string of the molecule is CO[C@H]1O[C@@](COCc2ccccc2)(COS(C)(=O)=O)[C@@H](OCc2ccccc2)[C@H]1OC(C)=O. The first-order chi connectivity index (χ1) is 16.2. The summed E-state index contributed by atoms with van der Waals surface area (Å²) in [6, 6.07) is 18.8. The minimum absolute atomic E-state index is 0.103. The van der Waals surface area contributed by atoms with E-state index in [4.69, 9.17) is 27.9 Å². The van der Waals surface area contributed by atoms with Gasteiger partial charge in [0.2, 0.25) is 0 Å². The molecule has 0 N–H and O–H groups in total. The van der Waals surface area contributed by atoms with Gasteiger partial charge in [0.15, 0.2) is 12.4 Å². The number of carbonyl (C=O) groups excluding carboxylic acids is 1. The monoisotopic (exact) mass is 494 g/mol. The minimum atomic E-state index is -3.82. The summed E-state index contributed by atoms with van der Waals surface area (Å²) in [5.41, 5.74) is 0.349. The Morgan fingerprint density at radius 2 is 1.56 bits per heavy atom. The average Bonchev–Trinajstić information content (AvgIpc) is 3.09. The maximum absolute atomic E-state index is 11.9. The molecule has 1 fully saturated rings. The molecule has 0 saturated carbocycles. The summed E-state index contributed by atoms with van der Waals surface area (Å²) in [6.07, 6.45) is -2.00. The number of rotatable bonds is 12. The number of benzene rings is 2. The van der Waals surface area contributed by atoms with Crippen LogP contribution in [0.1, 0.15) is 18.1 Å². The molecule has 0 bridgehead atoms. The molecule has 2 aromatic carbocycles. The van der Waals surface area contributed by atoms with Crippen molar-refractivity contribution in [1.82, 2.24) is 0 Å². The van der Waals surface area contributed by atoms with E-state index in [1.165, 1.54) is 14.0 Å². The van der Waals surface area contributed by atoms with Crippen LogP contribution in [0.3, 0.4) is 0 Å². The van der Waals surface area contributed by atoms with Gasteiger partial charge in [-0.3, -0.25) is 8.98 Å². The predicted octanol–water partition coefficient (Wildman–Crippen LogP) is 2.44. The van der Waals surface area contributed by atoms with Crippen LogP contribution in [-0.4, -0.2) is 65.1 Å². The van der Waals surface area contributed by atoms with Crippen LogP contribution in [-0.2, 0) is 56.0 Å². The molecule has 34 heavy (non-hydrogen) atoms. The summed E-state index contributed by atoms with van der Waals surface area (Å²) in [5, 5.41) is 0. The molecule has 3 rings (SSSR count). The third-order valence-corrected chi connectivity index (χ3v) is 5.76. The van der Waals surface area contributed by atoms with Crippen molar-refractivity contribution in [3.05, 3.63) is 71.8 Å². The van der Waals surface area contributed by atoms with Gasteiger partial charge in [-0.05, 0) is 11.1 Å². The number of ether oxygens (including phenoxy) is 5.